The van der Waals surface area contributed by atoms with E-state index in [-0.39, 0.29) is 28.9 Å². The number of halogens is 2. The molecule has 234 valence electrons. The van der Waals surface area contributed by atoms with Gasteiger partial charge in [-0.2, -0.15) is 4.98 Å². The fraction of sp³-hybridized carbons (Fsp3) is 0.419. The Hall–Kier alpha value is -3.97. The average Bonchev–Trinajstić information content (AvgIpc) is 2.95. The van der Waals surface area contributed by atoms with Crippen LogP contribution in [0.25, 0.3) is 22.4 Å². The molecule has 0 spiro atoms. The molecule has 2 aromatic heterocycles. The molecule has 0 unspecified atom stereocenters. The Balaban J connectivity index is 1.43. The summed E-state index contributed by atoms with van der Waals surface area (Å²) in [5.41, 5.74) is 0.236. The predicted octanol–water partition coefficient (Wildman–Crippen LogP) is 5.25. The van der Waals surface area contributed by atoms with Gasteiger partial charge in [0.1, 0.15) is 16.9 Å². The lowest BCUT2D eigenvalue weighted by atomic mass is 9.91. The molecular formula is C31H37F2N7O3S. The number of fused-ring (bicyclic) bond motifs is 1. The van der Waals surface area contributed by atoms with Crippen LogP contribution >= 0.6 is 0 Å². The zero-order valence-electron chi connectivity index (χ0n) is 25.4. The van der Waals surface area contributed by atoms with Crippen molar-refractivity contribution in [2.75, 3.05) is 24.1 Å². The van der Waals surface area contributed by atoms with Crippen LogP contribution in [0.2, 0.25) is 0 Å². The van der Waals surface area contributed by atoms with Crippen LogP contribution in [0.1, 0.15) is 56.7 Å². The first-order valence-corrected chi connectivity index (χ1v) is 16.2. The van der Waals surface area contributed by atoms with Gasteiger partial charge in [0.25, 0.3) is 5.56 Å². The fourth-order valence-corrected chi connectivity index (χ4v) is 6.77. The van der Waals surface area contributed by atoms with Gasteiger partial charge in [-0.05, 0) is 78.2 Å². The van der Waals surface area contributed by atoms with Gasteiger partial charge in [0.15, 0.2) is 17.3 Å². The van der Waals surface area contributed by atoms with Crippen molar-refractivity contribution in [2.45, 2.75) is 70.3 Å². The van der Waals surface area contributed by atoms with Gasteiger partial charge in [0.05, 0.1) is 11.9 Å². The Morgan fingerprint density at radius 3 is 2.25 bits per heavy atom. The van der Waals surface area contributed by atoms with Crippen molar-refractivity contribution in [3.05, 3.63) is 75.7 Å². The normalized spacial score (nSPS) is 17.4. The highest BCUT2D eigenvalue weighted by molar-refractivity contribution is 7.91. The summed E-state index contributed by atoms with van der Waals surface area (Å²) in [6.07, 6.45) is 5.53. The van der Waals surface area contributed by atoms with E-state index in [0.29, 0.717) is 23.2 Å². The van der Waals surface area contributed by atoms with Gasteiger partial charge in [-0.25, -0.2) is 27.2 Å². The van der Waals surface area contributed by atoms with Crippen molar-refractivity contribution in [2.24, 2.45) is 0 Å². The van der Waals surface area contributed by atoms with Gasteiger partial charge in [-0.15, -0.1) is 0 Å². The van der Waals surface area contributed by atoms with Crippen molar-refractivity contribution < 1.29 is 17.2 Å². The number of benzene rings is 2. The second kappa shape index (κ2) is 12.6. The lowest BCUT2D eigenvalue weighted by Crippen LogP contribution is -2.36. The quantitative estimate of drug-likeness (QED) is 0.259. The minimum Gasteiger partial charge on any atom is -0.351 e. The number of anilines is 2. The first kappa shape index (κ1) is 31.5. The molecule has 44 heavy (non-hydrogen) atoms. The third kappa shape index (κ3) is 6.88. The molecule has 0 aliphatic heterocycles. The molecule has 2 aromatic carbocycles. The van der Waals surface area contributed by atoms with E-state index in [1.54, 1.807) is 38.1 Å². The van der Waals surface area contributed by atoms with Gasteiger partial charge in [-0.3, -0.25) is 14.1 Å². The Labute approximate surface area is 255 Å². The number of aromatic nitrogens is 4. The zero-order chi connectivity index (χ0) is 31.8. The van der Waals surface area contributed by atoms with E-state index in [9.17, 15) is 13.2 Å². The molecule has 2 heterocycles. The molecule has 1 aliphatic carbocycles. The Morgan fingerprint density at radius 2 is 1.66 bits per heavy atom. The standard InChI is InChI=1S/C31H37F2N7O3S/c1-18(2)40-29-26(16-34-31(37-29)35-22-10-12-23(13-11-22)39(4)5)36-27(30(40)41)21-14-24(32)28(25(33)15-21)38-44(42,43)17-20-8-6-19(3)7-9-20/h6-9,14-16,18,22-23,38H,10-13,17H2,1-5H3,(H,34,35,37)/t22-,23-. The predicted molar refractivity (Wildman–Crippen MR) is 168 cm³/mol. The van der Waals surface area contributed by atoms with Crippen LogP contribution < -0.4 is 15.6 Å². The van der Waals surface area contributed by atoms with Crippen molar-refractivity contribution >= 4 is 32.8 Å². The molecule has 0 bridgehead atoms. The monoisotopic (exact) mass is 625 g/mol. The van der Waals surface area contributed by atoms with Crippen LogP contribution in [0.15, 0.2) is 47.4 Å². The molecule has 1 aliphatic rings. The lowest BCUT2D eigenvalue weighted by Gasteiger charge is -2.32. The Morgan fingerprint density at radius 1 is 1.02 bits per heavy atom. The summed E-state index contributed by atoms with van der Waals surface area (Å²) in [6.45, 7) is 5.47. The van der Waals surface area contributed by atoms with Crippen LogP contribution in [0.4, 0.5) is 20.4 Å². The van der Waals surface area contributed by atoms with Crippen LogP contribution in [0.5, 0.6) is 0 Å². The number of aryl methyl sites for hydroxylation is 1. The minimum absolute atomic E-state index is 0.136. The van der Waals surface area contributed by atoms with Crippen molar-refractivity contribution in [1.82, 2.24) is 24.4 Å². The molecule has 0 atom stereocenters. The molecule has 5 rings (SSSR count). The molecule has 0 saturated heterocycles. The summed E-state index contributed by atoms with van der Waals surface area (Å²) in [6, 6.07) is 8.95. The first-order valence-electron chi connectivity index (χ1n) is 14.6. The lowest BCUT2D eigenvalue weighted by molar-refractivity contribution is 0.221. The maximum Gasteiger partial charge on any atom is 0.278 e. The summed E-state index contributed by atoms with van der Waals surface area (Å²) < 4.78 is 59.3. The molecule has 1 saturated carbocycles. The summed E-state index contributed by atoms with van der Waals surface area (Å²) in [5.74, 6) is -2.43. The highest BCUT2D eigenvalue weighted by Crippen LogP contribution is 2.29. The highest BCUT2D eigenvalue weighted by Gasteiger charge is 2.25. The SMILES string of the molecule is Cc1ccc(CS(=O)(=O)Nc2c(F)cc(-c3nc4cnc(N[C@H]5CC[C@H](N(C)C)CC5)nc4n(C(C)C)c3=O)cc2F)cc1. The maximum atomic E-state index is 15.2. The number of hydrogen-bond acceptors (Lipinski definition) is 8. The van der Waals surface area contributed by atoms with Crippen LogP contribution in [-0.2, 0) is 15.8 Å². The van der Waals surface area contributed by atoms with E-state index in [1.807, 2.05) is 11.6 Å². The van der Waals surface area contributed by atoms with Crippen LogP contribution in [0.3, 0.4) is 0 Å². The van der Waals surface area contributed by atoms with E-state index in [4.69, 9.17) is 0 Å². The third-order valence-corrected chi connectivity index (χ3v) is 9.19. The largest absolute Gasteiger partial charge is 0.351 e. The van der Waals surface area contributed by atoms with E-state index < -0.39 is 38.7 Å². The van der Waals surface area contributed by atoms with E-state index in [2.05, 4.69) is 39.3 Å². The van der Waals surface area contributed by atoms with E-state index in [1.165, 1.54) is 10.8 Å². The van der Waals surface area contributed by atoms with Crippen LogP contribution in [-0.4, -0.2) is 59.0 Å². The fourth-order valence-electron chi connectivity index (χ4n) is 5.56. The molecule has 0 radical (unpaired) electrons. The van der Waals surface area contributed by atoms with Gasteiger partial charge in [-0.1, -0.05) is 29.8 Å². The topological polar surface area (TPSA) is 122 Å². The number of rotatable bonds is 9. The highest BCUT2D eigenvalue weighted by atomic mass is 32.2. The van der Waals surface area contributed by atoms with Crippen LogP contribution in [0, 0.1) is 18.6 Å². The minimum atomic E-state index is -4.14. The number of hydrogen-bond donors (Lipinski definition) is 2. The Kier molecular flexibility index (Phi) is 8.98. The zero-order valence-corrected chi connectivity index (χ0v) is 26.3. The van der Waals surface area contributed by atoms with Gasteiger partial charge >= 0.3 is 0 Å². The first-order chi connectivity index (χ1) is 20.8. The molecule has 10 nitrogen and oxygen atoms in total. The summed E-state index contributed by atoms with van der Waals surface area (Å²) in [4.78, 5) is 29.3. The summed E-state index contributed by atoms with van der Waals surface area (Å²) in [7, 11) is 0.0381. The van der Waals surface area contributed by atoms with Gasteiger partial charge < -0.3 is 10.2 Å². The summed E-state index contributed by atoms with van der Waals surface area (Å²) >= 11 is 0. The average molecular weight is 626 g/mol. The number of nitrogens with zero attached hydrogens (tertiary/aromatic N) is 5. The molecule has 2 N–H and O–H groups in total. The van der Waals surface area contributed by atoms with Crippen molar-refractivity contribution in [3.63, 3.8) is 0 Å². The maximum absolute atomic E-state index is 15.2. The Bertz CT molecular complexity index is 1810. The number of nitrogens with one attached hydrogen (secondary N) is 2. The third-order valence-electron chi connectivity index (χ3n) is 7.96. The summed E-state index contributed by atoms with van der Waals surface area (Å²) in [5, 5.41) is 3.38. The van der Waals surface area contributed by atoms with Crippen molar-refractivity contribution in [3.8, 4) is 11.3 Å². The second-order valence-electron chi connectivity index (χ2n) is 11.9. The van der Waals surface area contributed by atoms with Crippen molar-refractivity contribution in [1.29, 1.82) is 0 Å². The van der Waals surface area contributed by atoms with Gasteiger partial charge in [0.2, 0.25) is 16.0 Å². The van der Waals surface area contributed by atoms with E-state index >= 15 is 8.78 Å². The molecule has 0 amide bonds. The molecule has 1 fully saturated rings. The number of sulfonamides is 1. The molecular weight excluding hydrogens is 588 g/mol. The smallest absolute Gasteiger partial charge is 0.278 e. The molecule has 13 heteroatoms. The molecule has 4 aromatic rings. The van der Waals surface area contributed by atoms with Gasteiger partial charge in [0, 0.05) is 23.7 Å². The second-order valence-corrected chi connectivity index (χ2v) is 13.6. The van der Waals surface area contributed by atoms with E-state index in [0.717, 1.165) is 43.4 Å².